The zero-order valence-electron chi connectivity index (χ0n) is 9.19. The van der Waals surface area contributed by atoms with E-state index in [-0.39, 0.29) is 21.3 Å². The van der Waals surface area contributed by atoms with Crippen LogP contribution in [0, 0.1) is 11.6 Å². The molecule has 0 aliphatic heterocycles. The standard InChI is InChI=1S/C11H14BrF2NS/c1-11(2,15)6-16-5-7-9(13)4-3-8(12)10(7)14/h3-4H,5-6,15H2,1-2H3. The van der Waals surface area contributed by atoms with Crippen LogP contribution in [0.3, 0.4) is 0 Å². The van der Waals surface area contributed by atoms with E-state index in [4.69, 9.17) is 5.73 Å². The molecule has 0 saturated carbocycles. The van der Waals surface area contributed by atoms with Crippen molar-refractivity contribution in [1.29, 1.82) is 0 Å². The van der Waals surface area contributed by atoms with Gasteiger partial charge >= 0.3 is 0 Å². The van der Waals surface area contributed by atoms with Crippen LogP contribution in [0.5, 0.6) is 0 Å². The lowest BCUT2D eigenvalue weighted by Crippen LogP contribution is -2.34. The van der Waals surface area contributed by atoms with Gasteiger partial charge in [-0.25, -0.2) is 8.78 Å². The fourth-order valence-corrected chi connectivity index (χ4v) is 2.59. The van der Waals surface area contributed by atoms with Crippen molar-refractivity contribution < 1.29 is 8.78 Å². The summed E-state index contributed by atoms with van der Waals surface area (Å²) in [6.45, 7) is 3.77. The highest BCUT2D eigenvalue weighted by Crippen LogP contribution is 2.26. The highest BCUT2D eigenvalue weighted by atomic mass is 79.9. The number of hydrogen-bond acceptors (Lipinski definition) is 2. The van der Waals surface area contributed by atoms with Crippen molar-refractivity contribution in [2.45, 2.75) is 25.1 Å². The molecule has 0 radical (unpaired) electrons. The van der Waals surface area contributed by atoms with Crippen molar-refractivity contribution in [2.75, 3.05) is 5.75 Å². The van der Waals surface area contributed by atoms with Gasteiger partial charge in [-0.05, 0) is 41.9 Å². The van der Waals surface area contributed by atoms with Crippen LogP contribution >= 0.6 is 27.7 Å². The summed E-state index contributed by atoms with van der Waals surface area (Å²) in [6, 6.07) is 2.63. The minimum Gasteiger partial charge on any atom is -0.325 e. The highest BCUT2D eigenvalue weighted by Gasteiger charge is 2.15. The van der Waals surface area contributed by atoms with Crippen molar-refractivity contribution in [3.8, 4) is 0 Å². The van der Waals surface area contributed by atoms with Crippen molar-refractivity contribution in [3.63, 3.8) is 0 Å². The number of nitrogens with two attached hydrogens (primary N) is 1. The van der Waals surface area contributed by atoms with Crippen LogP contribution in [0.15, 0.2) is 16.6 Å². The van der Waals surface area contributed by atoms with Crippen LogP contribution < -0.4 is 5.73 Å². The first-order valence-corrected chi connectivity index (χ1v) is 6.75. The molecule has 0 aliphatic carbocycles. The Kier molecular flexibility index (Phi) is 4.76. The molecule has 1 aromatic carbocycles. The van der Waals surface area contributed by atoms with Crippen LogP contribution in [-0.2, 0) is 5.75 Å². The van der Waals surface area contributed by atoms with E-state index in [1.807, 2.05) is 13.8 Å². The zero-order chi connectivity index (χ0) is 12.3. The predicted molar refractivity (Wildman–Crippen MR) is 68.5 cm³/mol. The molecule has 0 saturated heterocycles. The molecule has 0 fully saturated rings. The van der Waals surface area contributed by atoms with Gasteiger partial charge in [-0.15, -0.1) is 0 Å². The summed E-state index contributed by atoms with van der Waals surface area (Å²) in [5.74, 6) is -0.0961. The van der Waals surface area contributed by atoms with E-state index in [0.29, 0.717) is 5.75 Å². The Hall–Kier alpha value is -0.130. The molecule has 1 nitrogen and oxygen atoms in total. The Labute approximate surface area is 107 Å². The Morgan fingerprint density at radius 1 is 1.38 bits per heavy atom. The van der Waals surface area contributed by atoms with Gasteiger partial charge in [0.1, 0.15) is 11.6 Å². The topological polar surface area (TPSA) is 26.0 Å². The van der Waals surface area contributed by atoms with E-state index in [1.54, 1.807) is 0 Å². The summed E-state index contributed by atoms with van der Waals surface area (Å²) in [5, 5.41) is 0. The van der Waals surface area contributed by atoms with E-state index in [9.17, 15) is 8.78 Å². The quantitative estimate of drug-likeness (QED) is 0.858. The second-order valence-electron chi connectivity index (χ2n) is 4.30. The summed E-state index contributed by atoms with van der Waals surface area (Å²) < 4.78 is 27.2. The van der Waals surface area contributed by atoms with E-state index in [0.717, 1.165) is 0 Å². The summed E-state index contributed by atoms with van der Waals surface area (Å²) in [7, 11) is 0. The van der Waals surface area contributed by atoms with Gasteiger partial charge in [0.05, 0.1) is 4.47 Å². The molecule has 1 aromatic rings. The van der Waals surface area contributed by atoms with Gasteiger partial charge in [-0.1, -0.05) is 0 Å². The highest BCUT2D eigenvalue weighted by molar-refractivity contribution is 9.10. The molecule has 16 heavy (non-hydrogen) atoms. The fraction of sp³-hybridized carbons (Fsp3) is 0.455. The summed E-state index contributed by atoms with van der Waals surface area (Å²) in [4.78, 5) is 0. The first kappa shape index (κ1) is 13.9. The maximum atomic E-state index is 13.6. The SMILES string of the molecule is CC(C)(N)CSCc1c(F)ccc(Br)c1F. The molecule has 0 heterocycles. The zero-order valence-corrected chi connectivity index (χ0v) is 11.6. The summed E-state index contributed by atoms with van der Waals surface area (Å²) in [5.41, 5.74) is 5.56. The third-order valence-corrected chi connectivity index (χ3v) is 3.91. The fourth-order valence-electron chi connectivity index (χ4n) is 1.12. The second kappa shape index (κ2) is 5.47. The second-order valence-corrected chi connectivity index (χ2v) is 6.14. The van der Waals surface area contributed by atoms with Crippen LogP contribution in [0.4, 0.5) is 8.78 Å². The molecule has 0 unspecified atom stereocenters. The molecule has 0 spiro atoms. The number of rotatable bonds is 4. The molecular weight excluding hydrogens is 296 g/mol. The molecular formula is C11H14BrF2NS. The van der Waals surface area contributed by atoms with Crippen molar-refractivity contribution in [1.82, 2.24) is 0 Å². The number of thioether (sulfide) groups is 1. The molecule has 0 aliphatic rings. The average molecular weight is 310 g/mol. The molecule has 1 rings (SSSR count). The van der Waals surface area contributed by atoms with Crippen molar-refractivity contribution in [2.24, 2.45) is 5.73 Å². The average Bonchev–Trinajstić information content (AvgIpc) is 2.16. The largest absolute Gasteiger partial charge is 0.325 e. The molecule has 0 amide bonds. The first-order chi connectivity index (χ1) is 7.31. The Balaban J connectivity index is 2.71. The molecule has 2 N–H and O–H groups in total. The van der Waals surface area contributed by atoms with E-state index >= 15 is 0 Å². The monoisotopic (exact) mass is 309 g/mol. The minimum absolute atomic E-state index is 0.101. The molecule has 5 heteroatoms. The third-order valence-electron chi connectivity index (χ3n) is 1.86. The summed E-state index contributed by atoms with van der Waals surface area (Å²) >= 11 is 4.46. The lowest BCUT2D eigenvalue weighted by molar-refractivity contribution is 0.560. The third kappa shape index (κ3) is 4.03. The van der Waals surface area contributed by atoms with E-state index in [1.165, 1.54) is 23.9 Å². The molecule has 0 aromatic heterocycles. The number of benzene rings is 1. The summed E-state index contributed by atoms with van der Waals surface area (Å²) in [6.07, 6.45) is 0. The minimum atomic E-state index is -0.526. The van der Waals surface area contributed by atoms with Crippen LogP contribution in [-0.4, -0.2) is 11.3 Å². The smallest absolute Gasteiger partial charge is 0.144 e. The first-order valence-electron chi connectivity index (χ1n) is 4.80. The van der Waals surface area contributed by atoms with Crippen LogP contribution in [0.1, 0.15) is 19.4 Å². The van der Waals surface area contributed by atoms with Gasteiger partial charge in [-0.2, -0.15) is 11.8 Å². The predicted octanol–water partition coefficient (Wildman–Crippen LogP) is 3.70. The molecule has 0 atom stereocenters. The van der Waals surface area contributed by atoms with Gasteiger partial charge in [0.15, 0.2) is 0 Å². The van der Waals surface area contributed by atoms with Crippen LogP contribution in [0.25, 0.3) is 0 Å². The van der Waals surface area contributed by atoms with E-state index in [2.05, 4.69) is 15.9 Å². The maximum Gasteiger partial charge on any atom is 0.144 e. The van der Waals surface area contributed by atoms with Crippen molar-refractivity contribution in [3.05, 3.63) is 33.8 Å². The van der Waals surface area contributed by atoms with Gasteiger partial charge in [-0.3, -0.25) is 0 Å². The van der Waals surface area contributed by atoms with Crippen molar-refractivity contribution >= 4 is 27.7 Å². The normalized spacial score (nSPS) is 11.9. The Morgan fingerprint density at radius 3 is 2.56 bits per heavy atom. The lowest BCUT2D eigenvalue weighted by atomic mass is 10.1. The van der Waals surface area contributed by atoms with E-state index < -0.39 is 11.6 Å². The Morgan fingerprint density at radius 2 is 2.00 bits per heavy atom. The number of hydrogen-bond donors (Lipinski definition) is 1. The molecule has 0 bridgehead atoms. The van der Waals surface area contributed by atoms with Crippen LogP contribution in [0.2, 0.25) is 0 Å². The van der Waals surface area contributed by atoms with Gasteiger partial charge in [0.25, 0.3) is 0 Å². The maximum absolute atomic E-state index is 13.6. The van der Waals surface area contributed by atoms with Gasteiger partial charge in [0, 0.05) is 22.6 Å². The van der Waals surface area contributed by atoms with Gasteiger partial charge in [0.2, 0.25) is 0 Å². The Bertz CT molecular complexity index is 377. The lowest BCUT2D eigenvalue weighted by Gasteiger charge is -2.17. The van der Waals surface area contributed by atoms with Gasteiger partial charge < -0.3 is 5.73 Å². The number of halogens is 3. The molecule has 90 valence electrons.